The van der Waals surface area contributed by atoms with Gasteiger partial charge in [-0.05, 0) is 87.7 Å². The van der Waals surface area contributed by atoms with Crippen LogP contribution in [0.15, 0.2) is 35.9 Å². The summed E-state index contributed by atoms with van der Waals surface area (Å²) in [5, 5.41) is 30.3. The molecule has 0 heterocycles. The van der Waals surface area contributed by atoms with Crippen molar-refractivity contribution in [3.05, 3.63) is 47.1 Å². The van der Waals surface area contributed by atoms with Crippen LogP contribution in [0.2, 0.25) is 0 Å². The molecule has 2 fully saturated rings. The maximum atomic E-state index is 12.2. The smallest absolute Gasteiger partial charge is 0.309 e. The molecule has 4 atom stereocenters. The third-order valence-electron chi connectivity index (χ3n) is 8.64. The van der Waals surface area contributed by atoms with Gasteiger partial charge in [0.2, 0.25) is 0 Å². The molecule has 1 aromatic rings. The van der Waals surface area contributed by atoms with Crippen LogP contribution in [-0.4, -0.2) is 21.3 Å². The fraction of sp³-hybridized carbons (Fsp3) is 0.577. The van der Waals surface area contributed by atoms with Crippen molar-refractivity contribution in [2.75, 3.05) is 0 Å². The summed E-state index contributed by atoms with van der Waals surface area (Å²) < 4.78 is 0. The highest BCUT2D eigenvalue weighted by atomic mass is 16.4. The fourth-order valence-electron chi connectivity index (χ4n) is 6.90. The van der Waals surface area contributed by atoms with Gasteiger partial charge in [0.05, 0.1) is 5.41 Å². The number of allylic oxidation sites excluding steroid dienone is 3. The fourth-order valence-corrected chi connectivity index (χ4v) is 6.90. The Kier molecular flexibility index (Phi) is 5.24. The van der Waals surface area contributed by atoms with Gasteiger partial charge in [0.15, 0.2) is 0 Å². The first-order chi connectivity index (χ1) is 14.2. The highest BCUT2D eigenvalue weighted by molar-refractivity contribution is 5.75. The van der Waals surface area contributed by atoms with E-state index in [-0.39, 0.29) is 22.8 Å². The van der Waals surface area contributed by atoms with E-state index in [9.17, 15) is 20.1 Å². The Morgan fingerprint density at radius 2 is 1.87 bits per heavy atom. The summed E-state index contributed by atoms with van der Waals surface area (Å²) in [4.78, 5) is 12.2. The lowest BCUT2D eigenvalue weighted by atomic mass is 9.46. The van der Waals surface area contributed by atoms with Crippen LogP contribution in [0.5, 0.6) is 11.5 Å². The number of benzene rings is 1. The van der Waals surface area contributed by atoms with Crippen LogP contribution in [-0.2, 0) is 17.6 Å². The Bertz CT molecular complexity index is 914. The molecule has 3 aliphatic carbocycles. The van der Waals surface area contributed by atoms with E-state index in [1.54, 1.807) is 12.1 Å². The third-order valence-corrected chi connectivity index (χ3v) is 8.64. The van der Waals surface area contributed by atoms with Crippen LogP contribution < -0.4 is 0 Å². The molecule has 3 aliphatic rings. The van der Waals surface area contributed by atoms with E-state index in [2.05, 4.69) is 19.6 Å². The molecule has 0 saturated heterocycles. The Labute approximate surface area is 179 Å². The van der Waals surface area contributed by atoms with Crippen molar-refractivity contribution in [1.29, 1.82) is 0 Å². The maximum absolute atomic E-state index is 12.2. The van der Waals surface area contributed by atoms with Crippen LogP contribution in [0, 0.1) is 22.7 Å². The summed E-state index contributed by atoms with van der Waals surface area (Å²) in [6.07, 6.45) is 10.1. The van der Waals surface area contributed by atoms with Gasteiger partial charge in [-0.3, -0.25) is 4.79 Å². The van der Waals surface area contributed by atoms with Crippen molar-refractivity contribution in [1.82, 2.24) is 0 Å². The number of fused-ring (bicyclic) bond motifs is 2. The molecule has 0 spiro atoms. The normalized spacial score (nSPS) is 33.4. The lowest BCUT2D eigenvalue weighted by Gasteiger charge is -2.57. The molecule has 2 saturated carbocycles. The number of aromatic hydroxyl groups is 2. The SMILES string of the molecule is C=C1CC[C@@H]2[C@](C)(CCC[C@]2(C)C(=O)O)[C@H]1CCC1=CCc2c(O)ccc(O)c2C1. The predicted octanol–water partition coefficient (Wildman–Crippen LogP) is 5.77. The zero-order chi connectivity index (χ0) is 21.7. The molecule has 1 aromatic carbocycles. The summed E-state index contributed by atoms with van der Waals surface area (Å²) in [5.74, 6) is 0.381. The molecule has 0 aliphatic heterocycles. The molecule has 4 nitrogen and oxygen atoms in total. The van der Waals surface area contributed by atoms with E-state index in [4.69, 9.17) is 0 Å². The second-order valence-corrected chi connectivity index (χ2v) is 10.2. The maximum Gasteiger partial charge on any atom is 0.309 e. The monoisotopic (exact) mass is 410 g/mol. The Morgan fingerprint density at radius 3 is 2.57 bits per heavy atom. The highest BCUT2D eigenvalue weighted by Gasteiger charge is 2.57. The molecule has 0 radical (unpaired) electrons. The molecule has 0 amide bonds. The Balaban J connectivity index is 1.53. The van der Waals surface area contributed by atoms with Gasteiger partial charge in [-0.2, -0.15) is 0 Å². The summed E-state index contributed by atoms with van der Waals surface area (Å²) in [6.45, 7) is 8.67. The van der Waals surface area contributed by atoms with Gasteiger partial charge in [0.25, 0.3) is 0 Å². The molecule has 0 bridgehead atoms. The third kappa shape index (κ3) is 3.25. The van der Waals surface area contributed by atoms with Crippen molar-refractivity contribution in [3.8, 4) is 11.5 Å². The number of carboxylic acids is 1. The zero-order valence-electron chi connectivity index (χ0n) is 18.2. The Hall–Kier alpha value is -2.23. The summed E-state index contributed by atoms with van der Waals surface area (Å²) in [5.41, 5.74) is 3.58. The van der Waals surface area contributed by atoms with Crippen molar-refractivity contribution >= 4 is 5.97 Å². The quantitative estimate of drug-likeness (QED) is 0.435. The van der Waals surface area contributed by atoms with Gasteiger partial charge >= 0.3 is 5.97 Å². The molecule has 4 rings (SSSR count). The van der Waals surface area contributed by atoms with E-state index < -0.39 is 11.4 Å². The number of hydrogen-bond donors (Lipinski definition) is 3. The number of aliphatic carboxylic acids is 1. The molecular weight excluding hydrogens is 376 g/mol. The first-order valence-corrected chi connectivity index (χ1v) is 11.3. The average Bonchev–Trinajstić information content (AvgIpc) is 2.70. The molecule has 30 heavy (non-hydrogen) atoms. The van der Waals surface area contributed by atoms with Crippen LogP contribution >= 0.6 is 0 Å². The highest BCUT2D eigenvalue weighted by Crippen LogP contribution is 2.62. The van der Waals surface area contributed by atoms with Gasteiger partial charge < -0.3 is 15.3 Å². The second kappa shape index (κ2) is 7.47. The largest absolute Gasteiger partial charge is 0.508 e. The van der Waals surface area contributed by atoms with Crippen molar-refractivity contribution in [2.24, 2.45) is 22.7 Å². The van der Waals surface area contributed by atoms with Crippen molar-refractivity contribution < 1.29 is 20.1 Å². The molecule has 162 valence electrons. The minimum atomic E-state index is -0.647. The van der Waals surface area contributed by atoms with Crippen LogP contribution in [0.1, 0.15) is 69.9 Å². The number of phenolic OH excluding ortho intramolecular Hbond substituents is 2. The lowest BCUT2D eigenvalue weighted by Crippen LogP contribution is -2.53. The Morgan fingerprint density at radius 1 is 1.17 bits per heavy atom. The number of carbonyl (C=O) groups is 1. The molecule has 3 N–H and O–H groups in total. The van der Waals surface area contributed by atoms with E-state index in [1.165, 1.54) is 11.1 Å². The van der Waals surface area contributed by atoms with Gasteiger partial charge in [0.1, 0.15) is 11.5 Å². The summed E-state index contributed by atoms with van der Waals surface area (Å²) >= 11 is 0. The number of phenols is 2. The number of hydrogen-bond acceptors (Lipinski definition) is 3. The molecule has 0 aromatic heterocycles. The summed E-state index contributed by atoms with van der Waals surface area (Å²) in [7, 11) is 0. The van der Waals surface area contributed by atoms with Gasteiger partial charge in [-0.25, -0.2) is 0 Å². The van der Waals surface area contributed by atoms with E-state index >= 15 is 0 Å². The first kappa shape index (κ1) is 21.0. The van der Waals surface area contributed by atoms with E-state index in [0.717, 1.165) is 56.1 Å². The molecule has 4 heteroatoms. The van der Waals surface area contributed by atoms with Gasteiger partial charge in [-0.1, -0.05) is 37.1 Å². The standard InChI is InChI=1S/C26H34O4/c1-16-5-12-23-25(2,13-4-14-26(23,3)24(29)30)20(16)9-7-17-6-8-18-19(15-17)22(28)11-10-21(18)27/h6,10-11,20,23,27-28H,1,4-5,7-9,12-15H2,2-3H3,(H,29,30)/t20-,23+,25+,26-/m0/s1. The van der Waals surface area contributed by atoms with Gasteiger partial charge in [0, 0.05) is 11.1 Å². The minimum Gasteiger partial charge on any atom is -0.508 e. The first-order valence-electron chi connectivity index (χ1n) is 11.3. The van der Waals surface area contributed by atoms with Crippen LogP contribution in [0.3, 0.4) is 0 Å². The van der Waals surface area contributed by atoms with Crippen molar-refractivity contribution in [2.45, 2.75) is 71.6 Å². The zero-order valence-corrected chi connectivity index (χ0v) is 18.2. The van der Waals surface area contributed by atoms with Crippen LogP contribution in [0.4, 0.5) is 0 Å². The topological polar surface area (TPSA) is 77.8 Å². The van der Waals surface area contributed by atoms with E-state index in [1.807, 2.05) is 6.92 Å². The van der Waals surface area contributed by atoms with Crippen molar-refractivity contribution in [3.63, 3.8) is 0 Å². The minimum absolute atomic E-state index is 0.0196. The number of carboxylic acid groups (broad SMARTS) is 1. The molecular formula is C26H34O4. The predicted molar refractivity (Wildman–Crippen MR) is 118 cm³/mol. The molecule has 0 unspecified atom stereocenters. The van der Waals surface area contributed by atoms with Gasteiger partial charge in [-0.15, -0.1) is 0 Å². The summed E-state index contributed by atoms with van der Waals surface area (Å²) in [6, 6.07) is 3.13. The van der Waals surface area contributed by atoms with Crippen LogP contribution in [0.25, 0.3) is 0 Å². The van der Waals surface area contributed by atoms with E-state index in [0.29, 0.717) is 18.8 Å². The average molecular weight is 411 g/mol. The lowest BCUT2D eigenvalue weighted by molar-refractivity contribution is -0.164. The number of rotatable bonds is 4. The second-order valence-electron chi connectivity index (χ2n) is 10.2.